The van der Waals surface area contributed by atoms with Crippen molar-refractivity contribution in [3.8, 4) is 5.75 Å². The van der Waals surface area contributed by atoms with Gasteiger partial charge in [0.1, 0.15) is 11.6 Å². The van der Waals surface area contributed by atoms with Gasteiger partial charge in [0.05, 0.1) is 10.6 Å². The smallest absolute Gasteiger partial charge is 0.134 e. The summed E-state index contributed by atoms with van der Waals surface area (Å²) in [4.78, 5) is 0. The Morgan fingerprint density at radius 2 is 2.00 bits per heavy atom. The van der Waals surface area contributed by atoms with E-state index in [2.05, 4.69) is 15.9 Å². The largest absolute Gasteiger partial charge is 0.489 e. The molecule has 0 radical (unpaired) electrons. The summed E-state index contributed by atoms with van der Waals surface area (Å²) < 4.78 is 19.2. The van der Waals surface area contributed by atoms with E-state index in [0.29, 0.717) is 10.6 Å². The molecule has 1 saturated carbocycles. The van der Waals surface area contributed by atoms with Crippen molar-refractivity contribution >= 4 is 15.9 Å². The molecule has 1 aliphatic carbocycles. The highest BCUT2D eigenvalue weighted by Crippen LogP contribution is 2.30. The summed E-state index contributed by atoms with van der Waals surface area (Å²) in [6.07, 6.45) is 5.03. The topological polar surface area (TPSA) is 9.23 Å². The van der Waals surface area contributed by atoms with Crippen LogP contribution in [0.15, 0.2) is 22.7 Å². The van der Waals surface area contributed by atoms with Crippen molar-refractivity contribution in [3.63, 3.8) is 0 Å². The van der Waals surface area contributed by atoms with E-state index in [4.69, 9.17) is 4.74 Å². The van der Waals surface area contributed by atoms with Crippen molar-refractivity contribution in [3.05, 3.63) is 28.5 Å². The molecular weight excluding hydrogens is 247 g/mol. The lowest BCUT2D eigenvalue weighted by Gasteiger charge is -2.14. The summed E-state index contributed by atoms with van der Waals surface area (Å²) in [5.41, 5.74) is 0. The molecule has 0 unspecified atom stereocenters. The van der Waals surface area contributed by atoms with Crippen molar-refractivity contribution in [1.82, 2.24) is 0 Å². The highest BCUT2D eigenvalue weighted by Gasteiger charge is 2.17. The molecule has 0 bridgehead atoms. The van der Waals surface area contributed by atoms with Crippen LogP contribution in [0.2, 0.25) is 0 Å². The minimum Gasteiger partial charge on any atom is -0.489 e. The summed E-state index contributed by atoms with van der Waals surface area (Å²) >= 11 is 3.29. The van der Waals surface area contributed by atoms with Crippen molar-refractivity contribution in [2.75, 3.05) is 0 Å². The van der Waals surface area contributed by atoms with Crippen molar-refractivity contribution < 1.29 is 9.13 Å². The van der Waals surface area contributed by atoms with Crippen molar-refractivity contribution in [2.45, 2.75) is 31.8 Å². The lowest BCUT2D eigenvalue weighted by molar-refractivity contribution is 0.208. The Labute approximate surface area is 91.4 Å². The number of ether oxygens (including phenoxy) is 1. The quantitative estimate of drug-likeness (QED) is 0.782. The van der Waals surface area contributed by atoms with E-state index in [1.165, 1.54) is 25.0 Å². The fraction of sp³-hybridized carbons (Fsp3) is 0.455. The van der Waals surface area contributed by atoms with E-state index in [1.54, 1.807) is 6.07 Å². The third-order valence-electron chi connectivity index (χ3n) is 2.49. The summed E-state index contributed by atoms with van der Waals surface area (Å²) in [6.45, 7) is 0. The first kappa shape index (κ1) is 9.97. The van der Waals surface area contributed by atoms with E-state index in [1.807, 2.05) is 0 Å². The van der Waals surface area contributed by atoms with Gasteiger partial charge in [-0.05, 0) is 59.8 Å². The van der Waals surface area contributed by atoms with Gasteiger partial charge in [0.25, 0.3) is 0 Å². The number of benzene rings is 1. The van der Waals surface area contributed by atoms with Gasteiger partial charge in [0, 0.05) is 0 Å². The van der Waals surface area contributed by atoms with Crippen LogP contribution in [0.3, 0.4) is 0 Å². The van der Waals surface area contributed by atoms with Crippen molar-refractivity contribution in [2.24, 2.45) is 0 Å². The van der Waals surface area contributed by atoms with Crippen LogP contribution in [0.4, 0.5) is 4.39 Å². The lowest BCUT2D eigenvalue weighted by Crippen LogP contribution is -2.11. The Morgan fingerprint density at radius 3 is 2.64 bits per heavy atom. The van der Waals surface area contributed by atoms with E-state index in [-0.39, 0.29) is 5.82 Å². The van der Waals surface area contributed by atoms with Crippen LogP contribution in [0.5, 0.6) is 5.75 Å². The predicted octanol–water partition coefficient (Wildman–Crippen LogP) is 3.91. The van der Waals surface area contributed by atoms with Gasteiger partial charge >= 0.3 is 0 Å². The van der Waals surface area contributed by atoms with Gasteiger partial charge in [-0.25, -0.2) is 4.39 Å². The van der Waals surface area contributed by atoms with Crippen LogP contribution >= 0.6 is 15.9 Å². The Balaban J connectivity index is 2.08. The molecule has 0 aromatic heterocycles. The Hall–Kier alpha value is -0.570. The summed E-state index contributed by atoms with van der Waals surface area (Å²) in [6, 6.07) is 4.54. The number of hydrogen-bond donors (Lipinski definition) is 0. The molecule has 14 heavy (non-hydrogen) atoms. The zero-order valence-electron chi connectivity index (χ0n) is 7.80. The SMILES string of the molecule is Fc1ccc(OC2CCCC2)c(Br)c1. The van der Waals surface area contributed by atoms with Crippen molar-refractivity contribution in [1.29, 1.82) is 0 Å². The molecule has 0 spiro atoms. The van der Waals surface area contributed by atoms with Gasteiger partial charge in [-0.3, -0.25) is 0 Å². The third kappa shape index (κ3) is 2.27. The van der Waals surface area contributed by atoms with Gasteiger partial charge in [-0.1, -0.05) is 0 Å². The standard InChI is InChI=1S/C11H12BrFO/c12-10-7-8(13)5-6-11(10)14-9-3-1-2-4-9/h5-7,9H,1-4H2. The molecule has 1 aliphatic rings. The number of hydrogen-bond acceptors (Lipinski definition) is 1. The van der Waals surface area contributed by atoms with E-state index < -0.39 is 0 Å². The van der Waals surface area contributed by atoms with Crippen LogP contribution in [-0.4, -0.2) is 6.10 Å². The summed E-state index contributed by atoms with van der Waals surface area (Å²) in [5.74, 6) is 0.508. The molecule has 0 atom stereocenters. The van der Waals surface area contributed by atoms with E-state index in [9.17, 15) is 4.39 Å². The monoisotopic (exact) mass is 258 g/mol. The number of rotatable bonds is 2. The van der Waals surface area contributed by atoms with Crippen LogP contribution in [-0.2, 0) is 0 Å². The van der Waals surface area contributed by atoms with E-state index in [0.717, 1.165) is 18.6 Å². The molecule has 3 heteroatoms. The number of halogens is 2. The highest BCUT2D eigenvalue weighted by molar-refractivity contribution is 9.10. The highest BCUT2D eigenvalue weighted by atomic mass is 79.9. The zero-order chi connectivity index (χ0) is 9.97. The summed E-state index contributed by atoms with van der Waals surface area (Å²) in [7, 11) is 0. The lowest BCUT2D eigenvalue weighted by atomic mass is 10.3. The second-order valence-electron chi connectivity index (χ2n) is 3.60. The molecule has 0 amide bonds. The van der Waals surface area contributed by atoms with Crippen LogP contribution in [0.25, 0.3) is 0 Å². The molecular formula is C11H12BrFO. The molecule has 1 nitrogen and oxygen atoms in total. The Kier molecular flexibility index (Phi) is 3.06. The molecule has 0 saturated heterocycles. The minimum atomic E-state index is -0.240. The van der Waals surface area contributed by atoms with Gasteiger partial charge < -0.3 is 4.74 Å². The third-order valence-corrected chi connectivity index (χ3v) is 3.11. The zero-order valence-corrected chi connectivity index (χ0v) is 9.39. The van der Waals surface area contributed by atoms with Gasteiger partial charge in [-0.2, -0.15) is 0 Å². The predicted molar refractivity (Wildman–Crippen MR) is 57.0 cm³/mol. The first-order valence-electron chi connectivity index (χ1n) is 4.87. The van der Waals surface area contributed by atoms with Gasteiger partial charge in [0.15, 0.2) is 0 Å². The minimum absolute atomic E-state index is 0.240. The first-order valence-corrected chi connectivity index (χ1v) is 5.67. The molecule has 0 N–H and O–H groups in total. The second kappa shape index (κ2) is 4.30. The average Bonchev–Trinajstić information content (AvgIpc) is 2.62. The first-order chi connectivity index (χ1) is 6.75. The average molecular weight is 259 g/mol. The fourth-order valence-electron chi connectivity index (χ4n) is 1.76. The Morgan fingerprint density at radius 1 is 1.29 bits per heavy atom. The maximum atomic E-state index is 12.8. The maximum Gasteiger partial charge on any atom is 0.134 e. The second-order valence-corrected chi connectivity index (χ2v) is 4.45. The summed E-state index contributed by atoms with van der Waals surface area (Å²) in [5, 5.41) is 0. The molecule has 76 valence electrons. The van der Waals surface area contributed by atoms with Gasteiger partial charge in [-0.15, -0.1) is 0 Å². The van der Waals surface area contributed by atoms with Crippen LogP contribution in [0, 0.1) is 5.82 Å². The molecule has 1 aromatic rings. The van der Waals surface area contributed by atoms with E-state index >= 15 is 0 Å². The van der Waals surface area contributed by atoms with Gasteiger partial charge in [0.2, 0.25) is 0 Å². The molecule has 0 heterocycles. The van der Waals surface area contributed by atoms with Crippen LogP contribution < -0.4 is 4.74 Å². The van der Waals surface area contributed by atoms with Crippen LogP contribution in [0.1, 0.15) is 25.7 Å². The maximum absolute atomic E-state index is 12.8. The molecule has 2 rings (SSSR count). The molecule has 1 aromatic carbocycles. The normalized spacial score (nSPS) is 17.3. The molecule has 0 aliphatic heterocycles. The Bertz CT molecular complexity index is 321. The molecule has 1 fully saturated rings. The fourth-order valence-corrected chi connectivity index (χ4v) is 2.20.